The summed E-state index contributed by atoms with van der Waals surface area (Å²) in [5.41, 5.74) is 2.98. The van der Waals surface area contributed by atoms with Crippen molar-refractivity contribution in [2.24, 2.45) is 5.92 Å². The minimum Gasteiger partial charge on any atom is -0.381 e. The molecule has 4 rings (SSSR count). The molecule has 0 radical (unpaired) electrons. The second-order valence-corrected chi connectivity index (χ2v) is 8.79. The predicted molar refractivity (Wildman–Crippen MR) is 125 cm³/mol. The molecule has 0 aliphatic carbocycles. The van der Waals surface area contributed by atoms with Crippen molar-refractivity contribution in [3.8, 4) is 6.07 Å². The number of amides is 2. The summed E-state index contributed by atoms with van der Waals surface area (Å²) in [6.45, 7) is 4.78. The molecule has 2 aliphatic rings. The largest absolute Gasteiger partial charge is 0.381 e. The Morgan fingerprint density at radius 2 is 1.72 bits per heavy atom. The third kappa shape index (κ3) is 6.02. The van der Waals surface area contributed by atoms with E-state index >= 15 is 0 Å². The first-order valence-electron chi connectivity index (χ1n) is 11.6. The molecule has 2 saturated heterocycles. The molecule has 0 bridgehead atoms. The average molecular weight is 433 g/mol. The lowest BCUT2D eigenvalue weighted by molar-refractivity contribution is 0.0553. The van der Waals surface area contributed by atoms with Gasteiger partial charge in [-0.25, -0.2) is 4.79 Å². The molecule has 0 aromatic heterocycles. The van der Waals surface area contributed by atoms with E-state index in [9.17, 15) is 4.79 Å². The van der Waals surface area contributed by atoms with Crippen LogP contribution in [0, 0.1) is 17.2 Å². The van der Waals surface area contributed by atoms with Gasteiger partial charge >= 0.3 is 6.03 Å². The van der Waals surface area contributed by atoms with E-state index in [0.717, 1.165) is 69.8 Å². The van der Waals surface area contributed by atoms with Gasteiger partial charge in [0.15, 0.2) is 0 Å². The Balaban J connectivity index is 1.33. The second-order valence-electron chi connectivity index (χ2n) is 8.79. The summed E-state index contributed by atoms with van der Waals surface area (Å²) in [6.07, 6.45) is 3.87. The summed E-state index contributed by atoms with van der Waals surface area (Å²) >= 11 is 0. The second kappa shape index (κ2) is 11.0. The van der Waals surface area contributed by atoms with E-state index in [0.29, 0.717) is 18.0 Å². The molecule has 0 saturated carbocycles. The van der Waals surface area contributed by atoms with Gasteiger partial charge < -0.3 is 19.9 Å². The van der Waals surface area contributed by atoms with Gasteiger partial charge in [0.25, 0.3) is 0 Å². The van der Waals surface area contributed by atoms with Crippen LogP contribution in [0.4, 0.5) is 10.5 Å². The summed E-state index contributed by atoms with van der Waals surface area (Å²) < 4.78 is 5.50. The van der Waals surface area contributed by atoms with Gasteiger partial charge in [-0.1, -0.05) is 30.3 Å². The Morgan fingerprint density at radius 3 is 2.38 bits per heavy atom. The smallest absolute Gasteiger partial charge is 0.317 e. The van der Waals surface area contributed by atoms with Crippen molar-refractivity contribution in [1.82, 2.24) is 10.2 Å². The molecular formula is C26H32N4O2. The molecule has 2 aromatic rings. The zero-order valence-corrected chi connectivity index (χ0v) is 18.6. The molecule has 2 amide bonds. The van der Waals surface area contributed by atoms with Crippen molar-refractivity contribution in [3.63, 3.8) is 0 Å². The van der Waals surface area contributed by atoms with Crippen molar-refractivity contribution in [2.45, 2.75) is 38.3 Å². The molecule has 32 heavy (non-hydrogen) atoms. The Hall–Kier alpha value is -3.04. The molecule has 0 unspecified atom stereocenters. The van der Waals surface area contributed by atoms with Crippen molar-refractivity contribution in [3.05, 3.63) is 65.7 Å². The van der Waals surface area contributed by atoms with Gasteiger partial charge in [0.05, 0.1) is 11.6 Å². The Morgan fingerprint density at radius 1 is 1.03 bits per heavy atom. The van der Waals surface area contributed by atoms with Crippen LogP contribution in [-0.2, 0) is 11.3 Å². The molecule has 0 atom stereocenters. The molecular weight excluding hydrogens is 400 g/mol. The van der Waals surface area contributed by atoms with Crippen molar-refractivity contribution < 1.29 is 9.53 Å². The van der Waals surface area contributed by atoms with E-state index in [-0.39, 0.29) is 12.1 Å². The van der Waals surface area contributed by atoms with Gasteiger partial charge in [-0.15, -0.1) is 0 Å². The molecule has 0 spiro atoms. The minimum absolute atomic E-state index is 0.0390. The number of anilines is 1. The number of hydrogen-bond acceptors (Lipinski definition) is 4. The molecule has 1 N–H and O–H groups in total. The highest BCUT2D eigenvalue weighted by molar-refractivity contribution is 5.74. The van der Waals surface area contributed by atoms with Crippen LogP contribution in [-0.4, -0.2) is 49.8 Å². The highest BCUT2D eigenvalue weighted by atomic mass is 16.5. The summed E-state index contributed by atoms with van der Waals surface area (Å²) in [5.74, 6) is 0.497. The minimum atomic E-state index is 0.0390. The number of rotatable bonds is 6. The van der Waals surface area contributed by atoms with Gasteiger partial charge in [-0.2, -0.15) is 5.26 Å². The van der Waals surface area contributed by atoms with Gasteiger partial charge in [0.2, 0.25) is 0 Å². The third-order valence-electron chi connectivity index (χ3n) is 6.51. The lowest BCUT2D eigenvalue weighted by Crippen LogP contribution is -2.50. The lowest BCUT2D eigenvalue weighted by Gasteiger charge is -2.36. The van der Waals surface area contributed by atoms with Crippen LogP contribution in [0.3, 0.4) is 0 Å². The van der Waals surface area contributed by atoms with Crippen LogP contribution >= 0.6 is 0 Å². The fourth-order valence-electron chi connectivity index (χ4n) is 4.56. The first-order chi connectivity index (χ1) is 15.7. The van der Waals surface area contributed by atoms with Gasteiger partial charge in [-0.3, -0.25) is 0 Å². The third-order valence-corrected chi connectivity index (χ3v) is 6.51. The number of hydrogen-bond donors (Lipinski definition) is 1. The number of nitrogens with one attached hydrogen (secondary N) is 1. The molecule has 2 aromatic carbocycles. The van der Waals surface area contributed by atoms with Gasteiger partial charge in [0.1, 0.15) is 0 Å². The highest BCUT2D eigenvalue weighted by Gasteiger charge is 2.25. The summed E-state index contributed by atoms with van der Waals surface area (Å²) in [5, 5.41) is 12.3. The van der Waals surface area contributed by atoms with E-state index in [1.807, 2.05) is 47.4 Å². The van der Waals surface area contributed by atoms with E-state index in [2.05, 4.69) is 28.4 Å². The molecule has 2 aliphatic heterocycles. The van der Waals surface area contributed by atoms with Crippen LogP contribution in [0.2, 0.25) is 0 Å². The van der Waals surface area contributed by atoms with E-state index < -0.39 is 0 Å². The fourth-order valence-corrected chi connectivity index (χ4v) is 4.56. The number of urea groups is 1. The standard InChI is InChI=1S/C26H32N4O2/c27-18-21-6-8-25(9-7-21)29-14-10-24(11-15-29)28-26(31)30(19-22-4-2-1-3-5-22)20-23-12-16-32-17-13-23/h1-9,23-24H,10-17,19-20H2,(H,28,31). The first kappa shape index (κ1) is 22.2. The van der Waals surface area contributed by atoms with Crippen LogP contribution in [0.1, 0.15) is 36.8 Å². The summed E-state index contributed by atoms with van der Waals surface area (Å²) in [6, 6.07) is 20.4. The van der Waals surface area contributed by atoms with E-state index in [4.69, 9.17) is 10.00 Å². The van der Waals surface area contributed by atoms with Crippen LogP contribution in [0.15, 0.2) is 54.6 Å². The predicted octanol–water partition coefficient (Wildman–Crippen LogP) is 4.17. The number of carbonyl (C=O) groups is 1. The Labute approximate surface area is 190 Å². The monoisotopic (exact) mass is 432 g/mol. The molecule has 2 heterocycles. The SMILES string of the molecule is N#Cc1ccc(N2CCC(NC(=O)N(Cc3ccccc3)CC3CCOCC3)CC2)cc1. The average Bonchev–Trinajstić information content (AvgIpc) is 2.85. The molecule has 2 fully saturated rings. The highest BCUT2D eigenvalue weighted by Crippen LogP contribution is 2.22. The van der Waals surface area contributed by atoms with Crippen molar-refractivity contribution in [1.29, 1.82) is 5.26 Å². The van der Waals surface area contributed by atoms with Crippen molar-refractivity contribution in [2.75, 3.05) is 37.7 Å². The lowest BCUT2D eigenvalue weighted by atomic mass is 9.99. The molecule has 6 nitrogen and oxygen atoms in total. The Bertz CT molecular complexity index is 896. The van der Waals surface area contributed by atoms with Crippen molar-refractivity contribution >= 4 is 11.7 Å². The normalized spacial score (nSPS) is 17.5. The quantitative estimate of drug-likeness (QED) is 0.744. The van der Waals surface area contributed by atoms with Crippen LogP contribution in [0.25, 0.3) is 0 Å². The van der Waals surface area contributed by atoms with Crippen LogP contribution in [0.5, 0.6) is 0 Å². The topological polar surface area (TPSA) is 68.6 Å². The maximum atomic E-state index is 13.3. The number of nitrogens with zero attached hydrogens (tertiary/aromatic N) is 3. The van der Waals surface area contributed by atoms with E-state index in [1.54, 1.807) is 0 Å². The van der Waals surface area contributed by atoms with Gasteiger partial charge in [0, 0.05) is 51.1 Å². The zero-order chi connectivity index (χ0) is 22.2. The maximum Gasteiger partial charge on any atom is 0.317 e. The van der Waals surface area contributed by atoms with Gasteiger partial charge in [-0.05, 0) is 61.4 Å². The fraction of sp³-hybridized carbons (Fsp3) is 0.462. The molecule has 6 heteroatoms. The first-order valence-corrected chi connectivity index (χ1v) is 11.6. The summed E-state index contributed by atoms with van der Waals surface area (Å²) in [4.78, 5) is 17.6. The van der Waals surface area contributed by atoms with E-state index in [1.165, 1.54) is 0 Å². The number of nitriles is 1. The number of benzene rings is 2. The summed E-state index contributed by atoms with van der Waals surface area (Å²) in [7, 11) is 0. The number of piperidine rings is 1. The number of carbonyl (C=O) groups excluding carboxylic acids is 1. The molecule has 168 valence electrons. The van der Waals surface area contributed by atoms with Crippen LogP contribution < -0.4 is 10.2 Å². The number of ether oxygens (including phenoxy) is 1. The maximum absolute atomic E-state index is 13.3. The zero-order valence-electron chi connectivity index (χ0n) is 18.6. The Kier molecular flexibility index (Phi) is 7.63.